The van der Waals surface area contributed by atoms with Gasteiger partial charge in [0.15, 0.2) is 0 Å². The van der Waals surface area contributed by atoms with E-state index in [1.807, 2.05) is 42.5 Å². The first-order valence-electron chi connectivity index (χ1n) is 8.52. The summed E-state index contributed by atoms with van der Waals surface area (Å²) < 4.78 is 0. The van der Waals surface area contributed by atoms with Crippen LogP contribution in [0.5, 0.6) is 0 Å². The van der Waals surface area contributed by atoms with Crippen LogP contribution in [0, 0.1) is 6.92 Å². The topological polar surface area (TPSA) is 25.8 Å². The highest BCUT2D eigenvalue weighted by molar-refractivity contribution is 7.99. The third kappa shape index (κ3) is 3.84. The summed E-state index contributed by atoms with van der Waals surface area (Å²) in [5.41, 5.74) is 5.12. The van der Waals surface area contributed by atoms with Crippen molar-refractivity contribution in [2.24, 2.45) is 0 Å². The van der Waals surface area contributed by atoms with Crippen molar-refractivity contribution in [3.05, 3.63) is 95.7 Å². The van der Waals surface area contributed by atoms with Crippen LogP contribution in [0.3, 0.4) is 0 Å². The Morgan fingerprint density at radius 3 is 2.08 bits per heavy atom. The van der Waals surface area contributed by atoms with Gasteiger partial charge in [-0.25, -0.2) is 9.97 Å². The van der Waals surface area contributed by atoms with E-state index >= 15 is 0 Å². The Kier molecular flexibility index (Phi) is 4.80. The molecule has 0 saturated heterocycles. The summed E-state index contributed by atoms with van der Waals surface area (Å²) in [6.45, 7) is 2.09. The molecule has 0 fully saturated rings. The maximum atomic E-state index is 4.85. The minimum absolute atomic E-state index is 0.887. The van der Waals surface area contributed by atoms with Crippen molar-refractivity contribution in [3.63, 3.8) is 0 Å². The fraction of sp³-hybridized carbons (Fsp3) is 0.0435. The average Bonchev–Trinajstić information content (AvgIpc) is 2.68. The van der Waals surface area contributed by atoms with Crippen molar-refractivity contribution in [1.82, 2.24) is 9.97 Å². The van der Waals surface area contributed by atoms with E-state index in [-0.39, 0.29) is 0 Å². The molecule has 0 saturated carbocycles. The first-order valence-corrected chi connectivity index (χ1v) is 9.34. The lowest BCUT2D eigenvalue weighted by atomic mass is 10.1. The van der Waals surface area contributed by atoms with Gasteiger partial charge in [0.2, 0.25) is 0 Å². The minimum Gasteiger partial charge on any atom is -0.244 e. The maximum absolute atomic E-state index is 4.85. The van der Waals surface area contributed by atoms with Gasteiger partial charge in [-0.05, 0) is 42.8 Å². The van der Waals surface area contributed by atoms with Crippen LogP contribution in [0.2, 0.25) is 0 Å². The van der Waals surface area contributed by atoms with Gasteiger partial charge in [-0.1, -0.05) is 78.0 Å². The second-order valence-electron chi connectivity index (χ2n) is 6.06. The number of aromatic nitrogens is 2. The van der Waals surface area contributed by atoms with Crippen LogP contribution in [-0.2, 0) is 0 Å². The molecule has 0 aliphatic carbocycles. The van der Waals surface area contributed by atoms with E-state index in [4.69, 9.17) is 9.97 Å². The standard InChI is InChI=1S/C23H18N2S/c1-17-11-13-18(14-12-17)15-16-22-23(26-19-7-3-2-4-8-19)25-21-10-6-5-9-20(21)24-22/h2-16H,1H3/b16-15+. The molecule has 126 valence electrons. The molecule has 4 rings (SSSR count). The molecule has 3 heteroatoms. The van der Waals surface area contributed by atoms with Gasteiger partial charge in [-0.2, -0.15) is 0 Å². The summed E-state index contributed by atoms with van der Waals surface area (Å²) in [4.78, 5) is 10.8. The Labute approximate surface area is 157 Å². The molecule has 0 radical (unpaired) electrons. The molecule has 26 heavy (non-hydrogen) atoms. The summed E-state index contributed by atoms with van der Waals surface area (Å²) in [7, 11) is 0. The van der Waals surface area contributed by atoms with Gasteiger partial charge < -0.3 is 0 Å². The van der Waals surface area contributed by atoms with Crippen molar-refractivity contribution >= 4 is 34.9 Å². The van der Waals surface area contributed by atoms with Gasteiger partial charge in [0, 0.05) is 4.90 Å². The summed E-state index contributed by atoms with van der Waals surface area (Å²) in [5, 5.41) is 0.915. The smallest absolute Gasteiger partial charge is 0.127 e. The number of nitrogens with zero attached hydrogens (tertiary/aromatic N) is 2. The normalized spacial score (nSPS) is 11.3. The number of para-hydroxylation sites is 2. The molecule has 0 amide bonds. The van der Waals surface area contributed by atoms with Crippen LogP contribution in [0.15, 0.2) is 88.8 Å². The second-order valence-corrected chi connectivity index (χ2v) is 7.12. The predicted octanol–water partition coefficient (Wildman–Crippen LogP) is 6.26. The minimum atomic E-state index is 0.887. The van der Waals surface area contributed by atoms with Crippen LogP contribution in [0.25, 0.3) is 23.2 Å². The zero-order valence-electron chi connectivity index (χ0n) is 14.5. The highest BCUT2D eigenvalue weighted by atomic mass is 32.2. The fourth-order valence-corrected chi connectivity index (χ4v) is 3.51. The van der Waals surface area contributed by atoms with Crippen molar-refractivity contribution in [3.8, 4) is 0 Å². The number of benzene rings is 3. The van der Waals surface area contributed by atoms with Gasteiger partial charge in [0.25, 0.3) is 0 Å². The third-order valence-electron chi connectivity index (χ3n) is 4.03. The lowest BCUT2D eigenvalue weighted by molar-refractivity contribution is 1.10. The van der Waals surface area contributed by atoms with Gasteiger partial charge in [0.05, 0.1) is 16.7 Å². The molecule has 1 aromatic heterocycles. The van der Waals surface area contributed by atoms with E-state index in [9.17, 15) is 0 Å². The van der Waals surface area contributed by atoms with E-state index < -0.39 is 0 Å². The largest absolute Gasteiger partial charge is 0.244 e. The zero-order chi connectivity index (χ0) is 17.8. The fourth-order valence-electron chi connectivity index (χ4n) is 2.63. The highest BCUT2D eigenvalue weighted by Gasteiger charge is 2.08. The molecule has 0 atom stereocenters. The van der Waals surface area contributed by atoms with Crippen molar-refractivity contribution in [2.75, 3.05) is 0 Å². The first-order chi connectivity index (χ1) is 12.8. The molecule has 0 aliphatic heterocycles. The van der Waals surface area contributed by atoms with E-state index in [1.54, 1.807) is 11.8 Å². The van der Waals surface area contributed by atoms with Gasteiger partial charge in [0.1, 0.15) is 5.03 Å². The number of fused-ring (bicyclic) bond motifs is 1. The predicted molar refractivity (Wildman–Crippen MR) is 110 cm³/mol. The van der Waals surface area contributed by atoms with Crippen LogP contribution >= 0.6 is 11.8 Å². The van der Waals surface area contributed by atoms with Crippen LogP contribution in [0.4, 0.5) is 0 Å². The van der Waals surface area contributed by atoms with E-state index in [1.165, 1.54) is 5.56 Å². The van der Waals surface area contributed by atoms with E-state index in [2.05, 4.69) is 55.5 Å². The Morgan fingerprint density at radius 1 is 0.692 bits per heavy atom. The van der Waals surface area contributed by atoms with Crippen molar-refractivity contribution in [2.45, 2.75) is 16.8 Å². The van der Waals surface area contributed by atoms with Crippen LogP contribution in [-0.4, -0.2) is 9.97 Å². The molecule has 0 N–H and O–H groups in total. The maximum Gasteiger partial charge on any atom is 0.127 e. The van der Waals surface area contributed by atoms with E-state index in [0.717, 1.165) is 32.2 Å². The summed E-state index contributed by atoms with van der Waals surface area (Å²) >= 11 is 1.64. The van der Waals surface area contributed by atoms with Crippen molar-refractivity contribution < 1.29 is 0 Å². The molecule has 0 aliphatic rings. The molecule has 3 aromatic carbocycles. The Balaban J connectivity index is 1.75. The van der Waals surface area contributed by atoms with Gasteiger partial charge >= 0.3 is 0 Å². The average molecular weight is 354 g/mol. The Hall–Kier alpha value is -2.91. The lowest BCUT2D eigenvalue weighted by Gasteiger charge is -2.07. The molecule has 0 unspecified atom stereocenters. The molecule has 0 spiro atoms. The van der Waals surface area contributed by atoms with Crippen molar-refractivity contribution in [1.29, 1.82) is 0 Å². The summed E-state index contributed by atoms with van der Waals surface area (Å²) in [6, 6.07) is 26.7. The molecule has 0 bridgehead atoms. The molecule has 1 heterocycles. The quantitative estimate of drug-likeness (QED) is 0.432. The summed E-state index contributed by atoms with van der Waals surface area (Å²) in [5.74, 6) is 0. The lowest BCUT2D eigenvalue weighted by Crippen LogP contribution is -1.93. The van der Waals surface area contributed by atoms with Crippen LogP contribution < -0.4 is 0 Å². The van der Waals surface area contributed by atoms with Gasteiger partial charge in [-0.3, -0.25) is 0 Å². The zero-order valence-corrected chi connectivity index (χ0v) is 15.3. The van der Waals surface area contributed by atoms with Gasteiger partial charge in [-0.15, -0.1) is 0 Å². The SMILES string of the molecule is Cc1ccc(/C=C/c2nc3ccccc3nc2Sc2ccccc2)cc1. The number of hydrogen-bond donors (Lipinski definition) is 0. The number of hydrogen-bond acceptors (Lipinski definition) is 3. The first kappa shape index (κ1) is 16.6. The van der Waals surface area contributed by atoms with E-state index in [0.29, 0.717) is 0 Å². The highest BCUT2D eigenvalue weighted by Crippen LogP contribution is 2.30. The molecular weight excluding hydrogens is 336 g/mol. The summed E-state index contributed by atoms with van der Waals surface area (Å²) in [6.07, 6.45) is 4.14. The monoisotopic (exact) mass is 354 g/mol. The third-order valence-corrected chi connectivity index (χ3v) is 5.03. The Bertz CT molecular complexity index is 1050. The molecular formula is C23H18N2S. The number of aryl methyl sites for hydroxylation is 1. The van der Waals surface area contributed by atoms with Crippen LogP contribution in [0.1, 0.15) is 16.8 Å². The Morgan fingerprint density at radius 2 is 1.35 bits per heavy atom. The number of rotatable bonds is 4. The molecule has 4 aromatic rings. The molecule has 2 nitrogen and oxygen atoms in total. The second kappa shape index (κ2) is 7.54.